The summed E-state index contributed by atoms with van der Waals surface area (Å²) in [5.41, 5.74) is 3.48. The zero-order valence-corrected chi connectivity index (χ0v) is 14.1. The average molecular weight is 377 g/mol. The summed E-state index contributed by atoms with van der Waals surface area (Å²) in [5, 5.41) is 2.04. The third kappa shape index (κ3) is 2.79. The summed E-state index contributed by atoms with van der Waals surface area (Å²) in [6.45, 7) is 0.107. The van der Waals surface area contributed by atoms with Crippen LogP contribution in [0, 0.1) is 0 Å². The third-order valence-corrected chi connectivity index (χ3v) is 4.35. The number of hydrogen-bond acceptors (Lipinski definition) is 4. The number of amides is 2. The van der Waals surface area contributed by atoms with Crippen LogP contribution in [-0.2, 0) is 9.59 Å². The number of benzene rings is 2. The maximum atomic E-state index is 12.6. The van der Waals surface area contributed by atoms with Crippen LogP contribution < -0.4 is 19.9 Å². The molecular formula is C17H10Cl2N2O4. The van der Waals surface area contributed by atoms with Crippen molar-refractivity contribution in [1.82, 2.24) is 5.43 Å². The Morgan fingerprint density at radius 3 is 2.44 bits per heavy atom. The van der Waals surface area contributed by atoms with Gasteiger partial charge >= 0.3 is 0 Å². The summed E-state index contributed by atoms with van der Waals surface area (Å²) < 4.78 is 10.5. The Morgan fingerprint density at radius 2 is 1.72 bits per heavy atom. The highest BCUT2D eigenvalue weighted by Crippen LogP contribution is 2.38. The van der Waals surface area contributed by atoms with Crippen LogP contribution in [0.3, 0.4) is 0 Å². The van der Waals surface area contributed by atoms with Gasteiger partial charge in [0.15, 0.2) is 11.5 Å². The Morgan fingerprint density at radius 1 is 1.04 bits per heavy atom. The second kappa shape index (κ2) is 5.98. The van der Waals surface area contributed by atoms with Crippen LogP contribution in [0.5, 0.6) is 11.5 Å². The number of anilines is 1. The number of hydrazine groups is 1. The molecule has 1 N–H and O–H groups in total. The first kappa shape index (κ1) is 15.8. The number of ether oxygens (including phenoxy) is 2. The topological polar surface area (TPSA) is 67.9 Å². The monoisotopic (exact) mass is 376 g/mol. The van der Waals surface area contributed by atoms with Gasteiger partial charge in [-0.25, -0.2) is 5.01 Å². The summed E-state index contributed by atoms with van der Waals surface area (Å²) in [5.74, 6) is 0.0311. The van der Waals surface area contributed by atoms with Crippen LogP contribution in [0.15, 0.2) is 42.0 Å². The van der Waals surface area contributed by atoms with E-state index < -0.39 is 11.8 Å². The molecule has 8 heteroatoms. The lowest BCUT2D eigenvalue weighted by Gasteiger charge is -2.14. The largest absolute Gasteiger partial charge is 0.454 e. The van der Waals surface area contributed by atoms with Crippen molar-refractivity contribution in [2.24, 2.45) is 0 Å². The van der Waals surface area contributed by atoms with E-state index in [1.807, 2.05) is 0 Å². The SMILES string of the molecule is O=C1NN(c2ccc(Cl)cc2)C(=O)/C1=C\c1cc2c(cc1Cl)OCO2. The lowest BCUT2D eigenvalue weighted by atomic mass is 10.1. The number of halogens is 2. The van der Waals surface area contributed by atoms with Gasteiger partial charge in [0.2, 0.25) is 6.79 Å². The summed E-state index contributed by atoms with van der Waals surface area (Å²) >= 11 is 12.0. The summed E-state index contributed by atoms with van der Waals surface area (Å²) in [6, 6.07) is 9.75. The molecule has 2 aromatic rings. The van der Waals surface area contributed by atoms with Crippen LogP contribution in [0.25, 0.3) is 6.08 Å². The predicted octanol–water partition coefficient (Wildman–Crippen LogP) is 3.18. The summed E-state index contributed by atoms with van der Waals surface area (Å²) in [6.07, 6.45) is 1.43. The molecular weight excluding hydrogens is 367 g/mol. The zero-order chi connectivity index (χ0) is 17.6. The van der Waals surface area contributed by atoms with E-state index in [1.165, 1.54) is 6.08 Å². The Bertz CT molecular complexity index is 925. The molecule has 6 nitrogen and oxygen atoms in total. The molecule has 126 valence electrons. The minimum Gasteiger partial charge on any atom is -0.454 e. The van der Waals surface area contributed by atoms with Gasteiger partial charge in [0.05, 0.1) is 10.7 Å². The number of hydrogen-bond donors (Lipinski definition) is 1. The van der Waals surface area contributed by atoms with Crippen LogP contribution in [0.2, 0.25) is 10.0 Å². The molecule has 2 aromatic carbocycles. The van der Waals surface area contributed by atoms with Gasteiger partial charge in [-0.15, -0.1) is 0 Å². The molecule has 0 aliphatic carbocycles. The minimum atomic E-state index is -0.520. The van der Waals surface area contributed by atoms with Crippen LogP contribution in [-0.4, -0.2) is 18.6 Å². The van der Waals surface area contributed by atoms with Gasteiger partial charge in [0, 0.05) is 11.1 Å². The fourth-order valence-electron chi connectivity index (χ4n) is 2.53. The minimum absolute atomic E-state index is 0.0317. The standard InChI is InChI=1S/C17H10Cl2N2O4/c18-10-1-3-11(4-2-10)21-17(23)12(16(22)20-21)5-9-6-14-15(7-13(9)19)25-8-24-14/h1-7H,8H2,(H,20,22)/b12-5-. The molecule has 0 radical (unpaired) electrons. The van der Waals surface area contributed by atoms with E-state index >= 15 is 0 Å². The molecule has 0 atom stereocenters. The van der Waals surface area contributed by atoms with Gasteiger partial charge in [-0.2, -0.15) is 0 Å². The first-order chi connectivity index (χ1) is 12.0. The van der Waals surface area contributed by atoms with E-state index in [0.717, 1.165) is 5.01 Å². The molecule has 4 rings (SSSR count). The van der Waals surface area contributed by atoms with Crippen molar-refractivity contribution in [2.75, 3.05) is 11.8 Å². The van der Waals surface area contributed by atoms with Gasteiger partial charge in [-0.05, 0) is 42.0 Å². The molecule has 25 heavy (non-hydrogen) atoms. The highest BCUT2D eigenvalue weighted by Gasteiger charge is 2.34. The van der Waals surface area contributed by atoms with Crippen LogP contribution in [0.4, 0.5) is 5.69 Å². The smallest absolute Gasteiger partial charge is 0.282 e. The Labute approximate surface area is 152 Å². The molecule has 0 saturated carbocycles. The van der Waals surface area contributed by atoms with E-state index in [4.69, 9.17) is 32.7 Å². The van der Waals surface area contributed by atoms with E-state index in [9.17, 15) is 9.59 Å². The van der Waals surface area contributed by atoms with Crippen LogP contribution in [0.1, 0.15) is 5.56 Å². The fraction of sp³-hybridized carbons (Fsp3) is 0.0588. The first-order valence-corrected chi connectivity index (χ1v) is 8.00. The van der Waals surface area contributed by atoms with Crippen molar-refractivity contribution in [3.8, 4) is 11.5 Å². The number of nitrogens with zero attached hydrogens (tertiary/aromatic N) is 1. The second-order valence-electron chi connectivity index (χ2n) is 5.34. The van der Waals surface area contributed by atoms with E-state index in [2.05, 4.69) is 5.43 Å². The molecule has 0 unspecified atom stereocenters. The lowest BCUT2D eigenvalue weighted by molar-refractivity contribution is -0.117. The molecule has 0 bridgehead atoms. The van der Waals surface area contributed by atoms with E-state index in [-0.39, 0.29) is 12.4 Å². The zero-order valence-electron chi connectivity index (χ0n) is 12.6. The van der Waals surface area contributed by atoms with Crippen molar-refractivity contribution >= 4 is 46.8 Å². The van der Waals surface area contributed by atoms with Gasteiger partial charge in [-0.3, -0.25) is 15.0 Å². The number of fused-ring (bicyclic) bond motifs is 1. The predicted molar refractivity (Wildman–Crippen MR) is 92.6 cm³/mol. The third-order valence-electron chi connectivity index (χ3n) is 3.77. The molecule has 0 spiro atoms. The molecule has 1 fully saturated rings. The molecule has 0 aromatic heterocycles. The van der Waals surface area contributed by atoms with Crippen LogP contribution >= 0.6 is 23.2 Å². The molecule has 2 amide bonds. The van der Waals surface area contributed by atoms with Gasteiger partial charge in [0.25, 0.3) is 11.8 Å². The number of carbonyl (C=O) groups excluding carboxylic acids is 2. The number of nitrogens with one attached hydrogen (secondary N) is 1. The van der Waals surface area contributed by atoms with E-state index in [0.29, 0.717) is 32.8 Å². The quantitative estimate of drug-likeness (QED) is 0.645. The average Bonchev–Trinajstić information content (AvgIpc) is 3.15. The van der Waals surface area contributed by atoms with Crippen molar-refractivity contribution in [3.63, 3.8) is 0 Å². The maximum Gasteiger partial charge on any atom is 0.282 e. The number of rotatable bonds is 2. The van der Waals surface area contributed by atoms with Gasteiger partial charge in [-0.1, -0.05) is 23.2 Å². The van der Waals surface area contributed by atoms with Crippen molar-refractivity contribution < 1.29 is 19.1 Å². The van der Waals surface area contributed by atoms with Gasteiger partial charge in [0.1, 0.15) is 5.57 Å². The van der Waals surface area contributed by atoms with Gasteiger partial charge < -0.3 is 9.47 Å². The normalized spacial score (nSPS) is 17.4. The maximum absolute atomic E-state index is 12.6. The molecule has 2 heterocycles. The highest BCUT2D eigenvalue weighted by atomic mass is 35.5. The summed E-state index contributed by atoms with van der Waals surface area (Å²) in [7, 11) is 0. The van der Waals surface area contributed by atoms with Crippen molar-refractivity contribution in [1.29, 1.82) is 0 Å². The lowest BCUT2D eigenvalue weighted by Crippen LogP contribution is -2.35. The fourth-order valence-corrected chi connectivity index (χ4v) is 2.86. The Kier molecular flexibility index (Phi) is 3.78. The molecule has 2 aliphatic heterocycles. The Hall–Kier alpha value is -2.70. The van der Waals surface area contributed by atoms with Crippen molar-refractivity contribution in [3.05, 3.63) is 57.6 Å². The first-order valence-electron chi connectivity index (χ1n) is 7.25. The highest BCUT2D eigenvalue weighted by molar-refractivity contribution is 6.35. The molecule has 1 saturated heterocycles. The molecule has 2 aliphatic rings. The van der Waals surface area contributed by atoms with E-state index in [1.54, 1.807) is 36.4 Å². The number of carbonyl (C=O) groups is 2. The Balaban J connectivity index is 1.69. The second-order valence-corrected chi connectivity index (χ2v) is 6.19. The van der Waals surface area contributed by atoms with Crippen molar-refractivity contribution in [2.45, 2.75) is 0 Å². The summed E-state index contributed by atoms with van der Waals surface area (Å²) in [4.78, 5) is 24.8.